The molecule has 0 N–H and O–H groups in total. The number of hydrogen-bond donors (Lipinski definition) is 0. The molecule has 6 nitrogen and oxygen atoms in total. The van der Waals surface area contributed by atoms with Crippen LogP contribution in [0.5, 0.6) is 0 Å². The van der Waals surface area contributed by atoms with Gasteiger partial charge in [0, 0.05) is 17.9 Å². The molecule has 5 atom stereocenters. The second-order valence-corrected chi connectivity index (χ2v) is 9.43. The Labute approximate surface area is 195 Å². The van der Waals surface area contributed by atoms with Crippen molar-refractivity contribution < 1.29 is 72.5 Å². The molecule has 0 aliphatic heterocycles. The fourth-order valence-corrected chi connectivity index (χ4v) is 5.38. The molecule has 36 heavy (non-hydrogen) atoms. The van der Waals surface area contributed by atoms with Crippen LogP contribution in [0.3, 0.4) is 0 Å². The summed E-state index contributed by atoms with van der Waals surface area (Å²) in [6.07, 6.45) is -17.0. The maximum absolute atomic E-state index is 13.7. The van der Waals surface area contributed by atoms with Gasteiger partial charge in [-0.3, -0.25) is 0 Å². The van der Waals surface area contributed by atoms with Gasteiger partial charge in [0.1, 0.15) is 11.7 Å². The van der Waals surface area contributed by atoms with Crippen molar-refractivity contribution in [3.63, 3.8) is 0 Å². The van der Waals surface area contributed by atoms with Crippen molar-refractivity contribution in [3.8, 4) is 0 Å². The Kier molecular flexibility index (Phi) is 6.41. The van der Waals surface area contributed by atoms with Gasteiger partial charge in [-0.1, -0.05) is 6.58 Å². The summed E-state index contributed by atoms with van der Waals surface area (Å²) in [5.41, 5.74) is -4.53. The first-order valence-corrected chi connectivity index (χ1v) is 10.3. The van der Waals surface area contributed by atoms with E-state index in [4.69, 9.17) is 4.74 Å². The number of esters is 3. The number of alkyl halides is 10. The lowest BCUT2D eigenvalue weighted by molar-refractivity contribution is -0.316. The van der Waals surface area contributed by atoms with Crippen LogP contribution >= 0.6 is 0 Å². The third-order valence-electron chi connectivity index (χ3n) is 6.55. The summed E-state index contributed by atoms with van der Waals surface area (Å²) in [5.74, 6) is -21.5. The van der Waals surface area contributed by atoms with Crippen LogP contribution < -0.4 is 0 Å². The SMILES string of the molecule is C=C(C)C(=O)OC12CC3CC(C1)C(OC(=O)C(F)(F)C(F)(F)F)C(OC(=O)C(F)(F)C(F)(F)F)(C3)C2. The van der Waals surface area contributed by atoms with E-state index < -0.39 is 84.1 Å². The summed E-state index contributed by atoms with van der Waals surface area (Å²) in [5, 5.41) is 0. The van der Waals surface area contributed by atoms with Crippen LogP contribution in [0.2, 0.25) is 0 Å². The van der Waals surface area contributed by atoms with Crippen LogP contribution in [-0.2, 0) is 28.6 Å². The van der Waals surface area contributed by atoms with Crippen molar-refractivity contribution in [1.82, 2.24) is 0 Å². The fourth-order valence-electron chi connectivity index (χ4n) is 5.38. The maximum atomic E-state index is 13.7. The Bertz CT molecular complexity index is 973. The van der Waals surface area contributed by atoms with Crippen LogP contribution in [0.25, 0.3) is 0 Å². The molecule has 0 aromatic heterocycles. The van der Waals surface area contributed by atoms with Crippen LogP contribution in [0.4, 0.5) is 43.9 Å². The van der Waals surface area contributed by atoms with Crippen molar-refractivity contribution in [2.45, 2.75) is 80.5 Å². The molecule has 4 fully saturated rings. The Morgan fingerprint density at radius 2 is 1.33 bits per heavy atom. The normalized spacial score (nSPS) is 32.1. The standard InChI is InChI=1S/C20H18F10O6/c1-8(2)12(31)35-15-4-9-3-10(6-15)11(34-13(32)17(21,22)19(25,26)27)16(5-9,7-15)36-14(33)18(23,24)20(28,29)30/h9-11H,1,3-7H2,2H3. The topological polar surface area (TPSA) is 78.9 Å². The molecule has 4 saturated carbocycles. The minimum absolute atomic E-state index is 0.00311. The third-order valence-corrected chi connectivity index (χ3v) is 6.55. The first-order valence-electron chi connectivity index (χ1n) is 10.3. The van der Waals surface area contributed by atoms with E-state index in [9.17, 15) is 58.3 Å². The molecule has 0 radical (unpaired) electrons. The molecule has 0 aromatic rings. The van der Waals surface area contributed by atoms with Gasteiger partial charge >= 0.3 is 42.1 Å². The minimum Gasteiger partial charge on any atom is -0.456 e. The van der Waals surface area contributed by atoms with E-state index in [2.05, 4.69) is 16.1 Å². The average Bonchev–Trinajstić information content (AvgIpc) is 2.67. The van der Waals surface area contributed by atoms with Gasteiger partial charge in [-0.15, -0.1) is 0 Å². The van der Waals surface area contributed by atoms with E-state index in [0.717, 1.165) is 0 Å². The monoisotopic (exact) mass is 544 g/mol. The highest BCUT2D eigenvalue weighted by Crippen LogP contribution is 2.62. The van der Waals surface area contributed by atoms with Crippen LogP contribution in [0.1, 0.15) is 39.0 Å². The predicted molar refractivity (Wildman–Crippen MR) is 94.4 cm³/mol. The van der Waals surface area contributed by atoms with Crippen LogP contribution in [0, 0.1) is 11.8 Å². The Hall–Kier alpha value is -2.55. The van der Waals surface area contributed by atoms with Crippen molar-refractivity contribution in [2.24, 2.45) is 11.8 Å². The molecule has 0 amide bonds. The Morgan fingerprint density at radius 1 is 0.806 bits per heavy atom. The average molecular weight is 544 g/mol. The van der Waals surface area contributed by atoms with Crippen LogP contribution in [0.15, 0.2) is 12.2 Å². The molecule has 5 unspecified atom stereocenters. The molecule has 4 aliphatic carbocycles. The molecule has 204 valence electrons. The fraction of sp³-hybridized carbons (Fsp3) is 0.750. The first-order chi connectivity index (χ1) is 16.1. The van der Waals surface area contributed by atoms with Gasteiger partial charge < -0.3 is 14.2 Å². The largest absolute Gasteiger partial charge is 0.465 e. The number of hydrogen-bond acceptors (Lipinski definition) is 6. The number of rotatable bonds is 6. The molecule has 0 saturated heterocycles. The number of halogens is 10. The third kappa shape index (κ3) is 4.51. The van der Waals surface area contributed by atoms with E-state index >= 15 is 0 Å². The summed E-state index contributed by atoms with van der Waals surface area (Å²) in [4.78, 5) is 35.9. The van der Waals surface area contributed by atoms with E-state index in [-0.39, 0.29) is 24.8 Å². The summed E-state index contributed by atoms with van der Waals surface area (Å²) < 4.78 is 145. The summed E-state index contributed by atoms with van der Waals surface area (Å²) in [6, 6.07) is 0. The van der Waals surface area contributed by atoms with E-state index in [1.54, 1.807) is 0 Å². The number of carbonyl (C=O) groups is 3. The molecule has 16 heteroatoms. The smallest absolute Gasteiger partial charge is 0.456 e. The van der Waals surface area contributed by atoms with Crippen molar-refractivity contribution >= 4 is 17.9 Å². The summed E-state index contributed by atoms with van der Waals surface area (Å²) in [7, 11) is 0. The molecule has 4 rings (SSSR count). The van der Waals surface area contributed by atoms with Gasteiger partial charge in [0.25, 0.3) is 0 Å². The van der Waals surface area contributed by atoms with Gasteiger partial charge in [0.2, 0.25) is 0 Å². The molecule has 0 aromatic carbocycles. The lowest BCUT2D eigenvalue weighted by atomic mass is 9.50. The summed E-state index contributed by atoms with van der Waals surface area (Å²) >= 11 is 0. The van der Waals surface area contributed by atoms with Gasteiger partial charge in [0.05, 0.1) is 0 Å². The highest BCUT2D eigenvalue weighted by Gasteiger charge is 2.73. The summed E-state index contributed by atoms with van der Waals surface area (Å²) in [6.45, 7) is 4.57. The molecule has 0 heterocycles. The number of carbonyl (C=O) groups excluding carboxylic acids is 3. The number of ether oxygens (including phenoxy) is 3. The second kappa shape index (κ2) is 8.23. The highest BCUT2D eigenvalue weighted by molar-refractivity contribution is 5.87. The zero-order valence-electron chi connectivity index (χ0n) is 18.2. The van der Waals surface area contributed by atoms with E-state index in [1.807, 2.05) is 0 Å². The quantitative estimate of drug-likeness (QED) is 0.210. The Morgan fingerprint density at radius 3 is 1.83 bits per heavy atom. The van der Waals surface area contributed by atoms with E-state index in [0.29, 0.717) is 0 Å². The molecule has 0 spiro atoms. The lowest BCUT2D eigenvalue weighted by Gasteiger charge is -2.62. The second-order valence-electron chi connectivity index (χ2n) is 9.43. The van der Waals surface area contributed by atoms with Crippen molar-refractivity contribution in [2.75, 3.05) is 0 Å². The van der Waals surface area contributed by atoms with Gasteiger partial charge in [-0.25, -0.2) is 14.4 Å². The van der Waals surface area contributed by atoms with Crippen molar-refractivity contribution in [1.29, 1.82) is 0 Å². The van der Waals surface area contributed by atoms with Crippen molar-refractivity contribution in [3.05, 3.63) is 12.2 Å². The first kappa shape index (κ1) is 28.0. The molecule has 4 aliphatic rings. The van der Waals surface area contributed by atoms with Crippen LogP contribution in [-0.4, -0.2) is 59.4 Å². The minimum atomic E-state index is -6.44. The predicted octanol–water partition coefficient (Wildman–Crippen LogP) is 4.66. The van der Waals surface area contributed by atoms with Gasteiger partial charge in [-0.05, 0) is 38.5 Å². The Balaban J connectivity index is 2.02. The lowest BCUT2D eigenvalue weighted by Crippen LogP contribution is -2.70. The van der Waals surface area contributed by atoms with Gasteiger partial charge in [-0.2, -0.15) is 43.9 Å². The maximum Gasteiger partial charge on any atom is 0.465 e. The molecular formula is C20H18F10O6. The zero-order valence-corrected chi connectivity index (χ0v) is 18.2. The van der Waals surface area contributed by atoms with Gasteiger partial charge in [0.15, 0.2) is 5.60 Å². The van der Waals surface area contributed by atoms with E-state index in [1.165, 1.54) is 6.92 Å². The molecule has 4 bridgehead atoms. The molecular weight excluding hydrogens is 526 g/mol. The zero-order chi connectivity index (χ0) is 27.7. The highest BCUT2D eigenvalue weighted by atomic mass is 19.4.